The lowest BCUT2D eigenvalue weighted by atomic mass is 10.2. The second-order valence-corrected chi connectivity index (χ2v) is 6.95. The lowest BCUT2D eigenvalue weighted by Gasteiger charge is -2.04. The molecule has 0 unspecified atom stereocenters. The number of ether oxygens (including phenoxy) is 1. The van der Waals surface area contributed by atoms with Crippen LogP contribution in [0.3, 0.4) is 0 Å². The van der Waals surface area contributed by atoms with Gasteiger partial charge in [-0.25, -0.2) is 18.1 Å². The molecule has 0 atom stereocenters. The maximum Gasteiger partial charge on any atom is 0.208 e. The first-order valence-electron chi connectivity index (χ1n) is 6.02. The molecule has 108 valence electrons. The van der Waals surface area contributed by atoms with Gasteiger partial charge in [-0.05, 0) is 12.1 Å². The quantitative estimate of drug-likeness (QED) is 0.884. The highest BCUT2D eigenvalue weighted by Gasteiger charge is 2.10. The molecule has 0 aliphatic rings. The van der Waals surface area contributed by atoms with E-state index in [9.17, 15) is 8.42 Å². The standard InChI is InChI=1S/C13H16N2O3S2/c1-18-12-6-4-3-5-11(12)13-15-10(9-19-13)7-8-14-20(2,16)17/h3-6,9,14H,7-8H2,1-2H3. The molecule has 0 saturated heterocycles. The predicted octanol–water partition coefficient (Wildman–Crippen LogP) is 1.91. The Bertz CT molecular complexity index is 680. The molecule has 0 fully saturated rings. The van der Waals surface area contributed by atoms with Crippen molar-refractivity contribution in [3.8, 4) is 16.3 Å². The third-order valence-corrected chi connectivity index (χ3v) is 4.29. The smallest absolute Gasteiger partial charge is 0.208 e. The van der Waals surface area contributed by atoms with E-state index in [1.165, 1.54) is 11.3 Å². The first kappa shape index (κ1) is 15.0. The average Bonchev–Trinajstić information content (AvgIpc) is 2.86. The molecule has 0 saturated carbocycles. The molecule has 0 bridgehead atoms. The fraction of sp³-hybridized carbons (Fsp3) is 0.308. The number of methoxy groups -OCH3 is 1. The van der Waals surface area contributed by atoms with Crippen LogP contribution in [-0.4, -0.2) is 33.3 Å². The summed E-state index contributed by atoms with van der Waals surface area (Å²) in [5.74, 6) is 0.780. The van der Waals surface area contributed by atoms with Crippen molar-refractivity contribution in [2.75, 3.05) is 19.9 Å². The number of benzene rings is 1. The summed E-state index contributed by atoms with van der Waals surface area (Å²) in [4.78, 5) is 4.51. The Morgan fingerprint density at radius 3 is 2.80 bits per heavy atom. The van der Waals surface area contributed by atoms with Gasteiger partial charge in [0.2, 0.25) is 10.0 Å². The van der Waals surface area contributed by atoms with Crippen molar-refractivity contribution in [3.05, 3.63) is 35.3 Å². The topological polar surface area (TPSA) is 68.3 Å². The van der Waals surface area contributed by atoms with Crippen LogP contribution in [0.4, 0.5) is 0 Å². The largest absolute Gasteiger partial charge is 0.496 e. The van der Waals surface area contributed by atoms with Crippen LogP contribution in [0.5, 0.6) is 5.75 Å². The van der Waals surface area contributed by atoms with E-state index < -0.39 is 10.0 Å². The van der Waals surface area contributed by atoms with Gasteiger partial charge in [0.25, 0.3) is 0 Å². The van der Waals surface area contributed by atoms with Crippen LogP contribution in [-0.2, 0) is 16.4 Å². The lowest BCUT2D eigenvalue weighted by molar-refractivity contribution is 0.416. The Labute approximate surface area is 122 Å². The molecule has 0 radical (unpaired) electrons. The van der Waals surface area contributed by atoms with Crippen LogP contribution in [0, 0.1) is 0 Å². The number of para-hydroxylation sites is 1. The summed E-state index contributed by atoms with van der Waals surface area (Å²) >= 11 is 1.52. The van der Waals surface area contributed by atoms with Gasteiger partial charge in [-0.15, -0.1) is 11.3 Å². The summed E-state index contributed by atoms with van der Waals surface area (Å²) in [5, 5.41) is 2.81. The molecule has 0 aliphatic heterocycles. The Morgan fingerprint density at radius 1 is 1.35 bits per heavy atom. The summed E-state index contributed by atoms with van der Waals surface area (Å²) in [7, 11) is -1.52. The molecule has 1 N–H and O–H groups in total. The highest BCUT2D eigenvalue weighted by molar-refractivity contribution is 7.88. The van der Waals surface area contributed by atoms with Gasteiger partial charge in [0.15, 0.2) is 0 Å². The van der Waals surface area contributed by atoms with Crippen molar-refractivity contribution in [3.63, 3.8) is 0 Å². The number of nitrogens with one attached hydrogen (secondary N) is 1. The second kappa shape index (κ2) is 6.34. The zero-order valence-corrected chi connectivity index (χ0v) is 12.9. The van der Waals surface area contributed by atoms with Crippen molar-refractivity contribution in [1.29, 1.82) is 0 Å². The number of thiazole rings is 1. The molecule has 7 heteroatoms. The van der Waals surface area contributed by atoms with E-state index in [1.54, 1.807) is 7.11 Å². The third-order valence-electron chi connectivity index (χ3n) is 2.63. The molecule has 1 aromatic heterocycles. The van der Waals surface area contributed by atoms with Gasteiger partial charge in [0, 0.05) is 18.3 Å². The number of nitrogens with zero attached hydrogens (tertiary/aromatic N) is 1. The van der Waals surface area contributed by atoms with Gasteiger partial charge >= 0.3 is 0 Å². The van der Waals surface area contributed by atoms with E-state index in [-0.39, 0.29) is 0 Å². The van der Waals surface area contributed by atoms with Crippen molar-refractivity contribution in [2.24, 2.45) is 0 Å². The minimum atomic E-state index is -3.14. The number of aromatic nitrogens is 1. The minimum Gasteiger partial charge on any atom is -0.496 e. The van der Waals surface area contributed by atoms with E-state index in [0.717, 1.165) is 28.3 Å². The van der Waals surface area contributed by atoms with Gasteiger partial charge in [-0.2, -0.15) is 0 Å². The number of rotatable bonds is 6. The molecule has 0 aliphatic carbocycles. The molecule has 5 nitrogen and oxygen atoms in total. The number of sulfonamides is 1. The third kappa shape index (κ3) is 4.03. The molecule has 1 heterocycles. The highest BCUT2D eigenvalue weighted by atomic mass is 32.2. The van der Waals surface area contributed by atoms with E-state index in [2.05, 4.69) is 9.71 Å². The Kier molecular flexibility index (Phi) is 4.74. The lowest BCUT2D eigenvalue weighted by Crippen LogP contribution is -2.24. The molecule has 1 aromatic carbocycles. The van der Waals surface area contributed by atoms with Crippen LogP contribution in [0.2, 0.25) is 0 Å². The Balaban J connectivity index is 2.09. The zero-order chi connectivity index (χ0) is 14.6. The molecule has 2 rings (SSSR count). The first-order chi connectivity index (χ1) is 9.49. The molecule has 0 amide bonds. The maximum absolute atomic E-state index is 11.0. The summed E-state index contributed by atoms with van der Waals surface area (Å²) in [6, 6.07) is 7.69. The molecular weight excluding hydrogens is 296 g/mol. The van der Waals surface area contributed by atoms with Gasteiger partial charge in [0.05, 0.1) is 24.6 Å². The summed E-state index contributed by atoms with van der Waals surface area (Å²) in [5.41, 5.74) is 1.81. The van der Waals surface area contributed by atoms with Crippen LogP contribution >= 0.6 is 11.3 Å². The highest BCUT2D eigenvalue weighted by Crippen LogP contribution is 2.31. The van der Waals surface area contributed by atoms with E-state index in [4.69, 9.17) is 4.74 Å². The second-order valence-electron chi connectivity index (χ2n) is 4.26. The van der Waals surface area contributed by atoms with Crippen molar-refractivity contribution in [1.82, 2.24) is 9.71 Å². The zero-order valence-electron chi connectivity index (χ0n) is 11.3. The maximum atomic E-state index is 11.0. The number of hydrogen-bond acceptors (Lipinski definition) is 5. The van der Waals surface area contributed by atoms with Crippen LogP contribution < -0.4 is 9.46 Å². The fourth-order valence-corrected chi connectivity index (χ4v) is 3.09. The van der Waals surface area contributed by atoms with Crippen molar-refractivity contribution in [2.45, 2.75) is 6.42 Å². The van der Waals surface area contributed by atoms with Crippen LogP contribution in [0.25, 0.3) is 10.6 Å². The van der Waals surface area contributed by atoms with E-state index in [1.807, 2.05) is 29.6 Å². The molecule has 0 spiro atoms. The van der Waals surface area contributed by atoms with Crippen molar-refractivity contribution < 1.29 is 13.2 Å². The van der Waals surface area contributed by atoms with Crippen LogP contribution in [0.15, 0.2) is 29.6 Å². The summed E-state index contributed by atoms with van der Waals surface area (Å²) in [6.45, 7) is 0.355. The van der Waals surface area contributed by atoms with Crippen molar-refractivity contribution >= 4 is 21.4 Å². The summed E-state index contributed by atoms with van der Waals surface area (Å²) in [6.07, 6.45) is 1.72. The molecule has 2 aromatic rings. The van der Waals surface area contributed by atoms with Gasteiger partial charge in [-0.1, -0.05) is 12.1 Å². The fourth-order valence-electron chi connectivity index (χ4n) is 1.73. The molecular formula is C13H16N2O3S2. The van der Waals surface area contributed by atoms with E-state index >= 15 is 0 Å². The van der Waals surface area contributed by atoms with Gasteiger partial charge < -0.3 is 4.74 Å². The first-order valence-corrected chi connectivity index (χ1v) is 8.79. The monoisotopic (exact) mass is 312 g/mol. The van der Waals surface area contributed by atoms with Gasteiger partial charge in [-0.3, -0.25) is 0 Å². The predicted molar refractivity (Wildman–Crippen MR) is 80.7 cm³/mol. The normalized spacial score (nSPS) is 11.5. The minimum absolute atomic E-state index is 0.355. The van der Waals surface area contributed by atoms with Gasteiger partial charge in [0.1, 0.15) is 10.8 Å². The Hall–Kier alpha value is -1.44. The summed E-state index contributed by atoms with van der Waals surface area (Å²) < 4.78 is 29.7. The van der Waals surface area contributed by atoms with E-state index in [0.29, 0.717) is 13.0 Å². The Morgan fingerprint density at radius 2 is 2.10 bits per heavy atom. The molecule has 20 heavy (non-hydrogen) atoms. The number of hydrogen-bond donors (Lipinski definition) is 1. The average molecular weight is 312 g/mol. The SMILES string of the molecule is COc1ccccc1-c1nc(CCNS(C)(=O)=O)cs1. The van der Waals surface area contributed by atoms with Crippen LogP contribution in [0.1, 0.15) is 5.69 Å².